The summed E-state index contributed by atoms with van der Waals surface area (Å²) in [4.78, 5) is 11.8. The van der Waals surface area contributed by atoms with Gasteiger partial charge in [0.25, 0.3) is 5.91 Å². The number of carbonyl (C=O) groups is 1. The van der Waals surface area contributed by atoms with Crippen molar-refractivity contribution in [2.45, 2.75) is 6.92 Å². The number of aromatic nitrogens is 2. The fourth-order valence-corrected chi connectivity index (χ4v) is 2.47. The van der Waals surface area contributed by atoms with Crippen molar-refractivity contribution in [2.24, 2.45) is 0 Å². The Morgan fingerprint density at radius 2 is 1.88 bits per heavy atom. The van der Waals surface area contributed by atoms with E-state index in [2.05, 4.69) is 10.4 Å². The molecule has 0 aliphatic rings. The summed E-state index contributed by atoms with van der Waals surface area (Å²) in [7, 11) is 0. The first-order valence-corrected chi connectivity index (χ1v) is 7.55. The topological polar surface area (TPSA) is 87.4 Å². The van der Waals surface area contributed by atoms with E-state index in [1.165, 1.54) is 12.1 Å². The highest BCUT2D eigenvalue weighted by molar-refractivity contribution is 5.94. The molecule has 24 heavy (non-hydrogen) atoms. The molecule has 1 heterocycles. The molecule has 0 aliphatic carbocycles. The summed E-state index contributed by atoms with van der Waals surface area (Å²) in [5, 5.41) is 26.5. The van der Waals surface area contributed by atoms with E-state index >= 15 is 0 Å². The first kappa shape index (κ1) is 15.6. The van der Waals surface area contributed by atoms with Gasteiger partial charge in [0.15, 0.2) is 0 Å². The molecule has 1 aromatic heterocycles. The lowest BCUT2D eigenvalue weighted by atomic mass is 10.1. The van der Waals surface area contributed by atoms with Gasteiger partial charge in [-0.05, 0) is 49.4 Å². The van der Waals surface area contributed by atoms with Crippen LogP contribution in [0.5, 0.6) is 11.5 Å². The Labute approximate surface area is 139 Å². The van der Waals surface area contributed by atoms with Gasteiger partial charge in [0.1, 0.15) is 11.5 Å². The van der Waals surface area contributed by atoms with Gasteiger partial charge >= 0.3 is 0 Å². The van der Waals surface area contributed by atoms with E-state index in [-0.39, 0.29) is 17.4 Å². The zero-order valence-electron chi connectivity index (χ0n) is 13.1. The van der Waals surface area contributed by atoms with E-state index in [0.717, 1.165) is 5.69 Å². The predicted molar refractivity (Wildman–Crippen MR) is 90.3 cm³/mol. The summed E-state index contributed by atoms with van der Waals surface area (Å²) < 4.78 is 1.66. The van der Waals surface area contributed by atoms with Gasteiger partial charge in [-0.15, -0.1) is 0 Å². The molecule has 0 saturated carbocycles. The Morgan fingerprint density at radius 3 is 2.54 bits per heavy atom. The minimum Gasteiger partial charge on any atom is -0.508 e. The predicted octanol–water partition coefficient (Wildman–Crippen LogP) is 2.70. The summed E-state index contributed by atoms with van der Waals surface area (Å²) in [5.74, 6) is -0.162. The van der Waals surface area contributed by atoms with Gasteiger partial charge in [-0.3, -0.25) is 4.79 Å². The van der Waals surface area contributed by atoms with Crippen molar-refractivity contribution in [1.82, 2.24) is 15.1 Å². The van der Waals surface area contributed by atoms with Crippen molar-refractivity contribution in [1.29, 1.82) is 0 Å². The third-order valence-corrected chi connectivity index (χ3v) is 3.61. The minimum absolute atomic E-state index is 0.00592. The summed E-state index contributed by atoms with van der Waals surface area (Å²) in [6.07, 6.45) is 1.62. The molecular weight excluding hydrogens is 306 g/mol. The summed E-state index contributed by atoms with van der Waals surface area (Å²) >= 11 is 0. The van der Waals surface area contributed by atoms with Gasteiger partial charge in [-0.25, -0.2) is 4.68 Å². The average molecular weight is 323 g/mol. The van der Waals surface area contributed by atoms with Crippen LogP contribution in [0, 0.1) is 0 Å². The zero-order chi connectivity index (χ0) is 17.1. The van der Waals surface area contributed by atoms with E-state index in [1.807, 2.05) is 6.92 Å². The van der Waals surface area contributed by atoms with Crippen LogP contribution >= 0.6 is 0 Å². The maximum Gasteiger partial charge on any atom is 0.251 e. The standard InChI is InChI=1S/C18H17N3O3/c1-2-19-18(24)12-3-5-13(6-4-12)21-16(9-10-20-21)15-8-7-14(22)11-17(15)23/h3-11,22-23H,2H2,1H3,(H,19,24). The molecule has 0 fully saturated rings. The summed E-state index contributed by atoms with van der Waals surface area (Å²) in [5.41, 5.74) is 2.56. The fraction of sp³-hybridized carbons (Fsp3) is 0.111. The third kappa shape index (κ3) is 2.94. The number of nitrogens with one attached hydrogen (secondary N) is 1. The van der Waals surface area contributed by atoms with Crippen LogP contribution in [0.4, 0.5) is 0 Å². The number of hydrogen-bond acceptors (Lipinski definition) is 4. The smallest absolute Gasteiger partial charge is 0.251 e. The molecular formula is C18H17N3O3. The Hall–Kier alpha value is -3.28. The largest absolute Gasteiger partial charge is 0.508 e. The molecule has 6 heteroatoms. The number of hydrogen-bond donors (Lipinski definition) is 3. The molecule has 0 aliphatic heterocycles. The molecule has 0 spiro atoms. The third-order valence-electron chi connectivity index (χ3n) is 3.61. The second-order valence-electron chi connectivity index (χ2n) is 5.24. The van der Waals surface area contributed by atoms with Crippen LogP contribution in [-0.4, -0.2) is 32.4 Å². The molecule has 2 aromatic carbocycles. The maximum atomic E-state index is 11.8. The number of amides is 1. The molecule has 1 amide bonds. The lowest BCUT2D eigenvalue weighted by Crippen LogP contribution is -2.22. The fourth-order valence-electron chi connectivity index (χ4n) is 2.47. The van der Waals surface area contributed by atoms with Crippen molar-refractivity contribution in [3.63, 3.8) is 0 Å². The number of rotatable bonds is 4. The van der Waals surface area contributed by atoms with Crippen molar-refractivity contribution in [3.05, 3.63) is 60.3 Å². The van der Waals surface area contributed by atoms with E-state index in [9.17, 15) is 15.0 Å². The zero-order valence-corrected chi connectivity index (χ0v) is 13.1. The Kier molecular flexibility index (Phi) is 4.20. The van der Waals surface area contributed by atoms with Crippen LogP contribution in [0.1, 0.15) is 17.3 Å². The number of carbonyl (C=O) groups excluding carboxylic acids is 1. The molecule has 0 bridgehead atoms. The van der Waals surface area contributed by atoms with Gasteiger partial charge in [0, 0.05) is 23.7 Å². The lowest BCUT2D eigenvalue weighted by Gasteiger charge is -2.10. The average Bonchev–Trinajstić information content (AvgIpc) is 3.04. The van der Waals surface area contributed by atoms with Crippen LogP contribution in [0.25, 0.3) is 16.9 Å². The molecule has 0 radical (unpaired) electrons. The van der Waals surface area contributed by atoms with Crippen LogP contribution in [0.15, 0.2) is 54.7 Å². The monoisotopic (exact) mass is 323 g/mol. The molecule has 6 nitrogen and oxygen atoms in total. The second-order valence-corrected chi connectivity index (χ2v) is 5.24. The molecule has 3 aromatic rings. The Morgan fingerprint density at radius 1 is 1.12 bits per heavy atom. The van der Waals surface area contributed by atoms with Gasteiger partial charge in [0.05, 0.1) is 17.6 Å². The minimum atomic E-state index is -0.124. The molecule has 0 saturated heterocycles. The van der Waals surface area contributed by atoms with Crippen molar-refractivity contribution >= 4 is 5.91 Å². The molecule has 122 valence electrons. The van der Waals surface area contributed by atoms with E-state index in [0.29, 0.717) is 23.4 Å². The van der Waals surface area contributed by atoms with Gasteiger partial charge in [-0.1, -0.05) is 0 Å². The molecule has 0 unspecified atom stereocenters. The SMILES string of the molecule is CCNC(=O)c1ccc(-n2nccc2-c2ccc(O)cc2O)cc1. The van der Waals surface area contributed by atoms with E-state index in [4.69, 9.17) is 0 Å². The lowest BCUT2D eigenvalue weighted by molar-refractivity contribution is 0.0956. The van der Waals surface area contributed by atoms with Gasteiger partial charge in [-0.2, -0.15) is 5.10 Å². The highest BCUT2D eigenvalue weighted by Crippen LogP contribution is 2.32. The maximum absolute atomic E-state index is 11.8. The van der Waals surface area contributed by atoms with Crippen molar-refractivity contribution in [2.75, 3.05) is 6.54 Å². The van der Waals surface area contributed by atoms with Crippen LogP contribution < -0.4 is 5.32 Å². The number of nitrogens with zero attached hydrogens (tertiary/aromatic N) is 2. The first-order valence-electron chi connectivity index (χ1n) is 7.55. The second kappa shape index (κ2) is 6.45. The van der Waals surface area contributed by atoms with Gasteiger partial charge in [0.2, 0.25) is 0 Å². The Bertz CT molecular complexity index is 869. The molecule has 3 N–H and O–H groups in total. The quantitative estimate of drug-likeness (QED) is 0.689. The van der Waals surface area contributed by atoms with Crippen LogP contribution in [-0.2, 0) is 0 Å². The van der Waals surface area contributed by atoms with Gasteiger partial charge < -0.3 is 15.5 Å². The summed E-state index contributed by atoms with van der Waals surface area (Å²) in [6, 6.07) is 13.2. The number of aromatic hydroxyl groups is 2. The molecule has 3 rings (SSSR count). The normalized spacial score (nSPS) is 10.5. The Balaban J connectivity index is 1.97. The highest BCUT2D eigenvalue weighted by Gasteiger charge is 2.12. The number of benzene rings is 2. The summed E-state index contributed by atoms with van der Waals surface area (Å²) in [6.45, 7) is 2.44. The van der Waals surface area contributed by atoms with Crippen molar-refractivity contribution < 1.29 is 15.0 Å². The number of phenols is 2. The van der Waals surface area contributed by atoms with E-state index < -0.39 is 0 Å². The number of phenolic OH excluding ortho intramolecular Hbond substituents is 2. The first-order chi connectivity index (χ1) is 11.6. The van der Waals surface area contributed by atoms with Crippen LogP contribution in [0.3, 0.4) is 0 Å². The highest BCUT2D eigenvalue weighted by atomic mass is 16.3. The molecule has 0 atom stereocenters. The van der Waals surface area contributed by atoms with Crippen molar-refractivity contribution in [3.8, 4) is 28.4 Å². The van der Waals surface area contributed by atoms with Crippen LogP contribution in [0.2, 0.25) is 0 Å². The van der Waals surface area contributed by atoms with E-state index in [1.54, 1.807) is 47.3 Å².